The Kier molecular flexibility index (Phi) is 7.79. The third-order valence-corrected chi connectivity index (χ3v) is 13.1. The van der Waals surface area contributed by atoms with Crippen LogP contribution in [0.25, 0.3) is 82.6 Å². The molecule has 1 aliphatic heterocycles. The van der Waals surface area contributed by atoms with E-state index in [4.69, 9.17) is 4.42 Å². The van der Waals surface area contributed by atoms with Crippen molar-refractivity contribution in [3.05, 3.63) is 222 Å². The minimum absolute atomic E-state index is 0.0260. The molecular formula is C57H42N2O. The molecule has 0 spiro atoms. The number of furan rings is 1. The fraction of sp³-hybridized carbons (Fsp3) is 0.0877. The van der Waals surface area contributed by atoms with Crippen LogP contribution in [0.1, 0.15) is 53.9 Å². The third kappa shape index (κ3) is 5.54. The summed E-state index contributed by atoms with van der Waals surface area (Å²) < 4.78 is 6.45. The van der Waals surface area contributed by atoms with Crippen LogP contribution in [0, 0.1) is 0 Å². The molecule has 10 aromatic rings. The van der Waals surface area contributed by atoms with Crippen LogP contribution in [0.4, 0.5) is 0 Å². The molecule has 2 unspecified atom stereocenters. The highest BCUT2D eigenvalue weighted by Crippen LogP contribution is 2.53. The van der Waals surface area contributed by atoms with Crippen LogP contribution in [0.15, 0.2) is 199 Å². The zero-order chi connectivity index (χ0) is 40.0. The zero-order valence-corrected chi connectivity index (χ0v) is 33.5. The van der Waals surface area contributed by atoms with Crippen LogP contribution in [0.3, 0.4) is 0 Å². The summed E-state index contributed by atoms with van der Waals surface area (Å²) in [4.78, 5) is 0. The number of hydrogen-bond donors (Lipinski definition) is 2. The highest BCUT2D eigenvalue weighted by Gasteiger charge is 2.37. The highest BCUT2D eigenvalue weighted by molar-refractivity contribution is 6.15. The molecule has 2 N–H and O–H groups in total. The SMILES string of the molecule is CC1(C)c2cc3ccccc3cc2-c2c(-c3ccc(C4=CC(c5cccc(-c6ccc7oc8c9ccccc9ccc8c7c6)c5)NC(c5ccccc5)N4)cc3)cccc21. The first-order chi connectivity index (χ1) is 29.5. The van der Waals surface area contributed by atoms with Crippen LogP contribution >= 0.6 is 0 Å². The van der Waals surface area contributed by atoms with Gasteiger partial charge in [-0.2, -0.15) is 0 Å². The minimum atomic E-state index is -0.0804. The quantitative estimate of drug-likeness (QED) is 0.183. The molecule has 0 fully saturated rings. The molecule has 286 valence electrons. The van der Waals surface area contributed by atoms with Gasteiger partial charge in [0.25, 0.3) is 0 Å². The van der Waals surface area contributed by atoms with E-state index in [2.05, 4.69) is 219 Å². The maximum Gasteiger partial charge on any atom is 0.143 e. The molecule has 0 saturated heterocycles. The topological polar surface area (TPSA) is 37.2 Å². The lowest BCUT2D eigenvalue weighted by atomic mass is 9.81. The molecule has 2 aliphatic rings. The van der Waals surface area contributed by atoms with E-state index in [1.165, 1.54) is 71.8 Å². The van der Waals surface area contributed by atoms with Gasteiger partial charge in [-0.15, -0.1) is 0 Å². The van der Waals surface area contributed by atoms with Crippen LogP contribution in [0.2, 0.25) is 0 Å². The van der Waals surface area contributed by atoms with E-state index in [0.717, 1.165) is 38.6 Å². The summed E-state index contributed by atoms with van der Waals surface area (Å²) in [7, 11) is 0. The Bertz CT molecular complexity index is 3350. The van der Waals surface area contributed by atoms with E-state index in [9.17, 15) is 0 Å². The highest BCUT2D eigenvalue weighted by atomic mass is 16.3. The third-order valence-electron chi connectivity index (χ3n) is 13.1. The molecule has 60 heavy (non-hydrogen) atoms. The maximum atomic E-state index is 6.45. The summed E-state index contributed by atoms with van der Waals surface area (Å²) in [6.07, 6.45) is 2.27. The van der Waals surface area contributed by atoms with Gasteiger partial charge in [0.1, 0.15) is 17.3 Å². The fourth-order valence-electron chi connectivity index (χ4n) is 9.97. The second-order valence-corrected chi connectivity index (χ2v) is 17.0. The second kappa shape index (κ2) is 13.4. The van der Waals surface area contributed by atoms with Gasteiger partial charge in [-0.05, 0) is 120 Å². The summed E-state index contributed by atoms with van der Waals surface area (Å²) >= 11 is 0. The number of rotatable bonds is 5. The Morgan fingerprint density at radius 2 is 1.17 bits per heavy atom. The molecule has 0 amide bonds. The lowest BCUT2D eigenvalue weighted by Gasteiger charge is -2.33. The first kappa shape index (κ1) is 34.8. The smallest absolute Gasteiger partial charge is 0.143 e. The van der Waals surface area contributed by atoms with Gasteiger partial charge < -0.3 is 9.73 Å². The minimum Gasteiger partial charge on any atom is -0.455 e. The molecule has 9 aromatic carbocycles. The predicted molar refractivity (Wildman–Crippen MR) is 250 cm³/mol. The largest absolute Gasteiger partial charge is 0.455 e. The lowest BCUT2D eigenvalue weighted by molar-refractivity contribution is 0.443. The number of benzene rings is 9. The molecule has 3 nitrogen and oxygen atoms in total. The van der Waals surface area contributed by atoms with E-state index in [1.54, 1.807) is 0 Å². The Balaban J connectivity index is 0.910. The summed E-state index contributed by atoms with van der Waals surface area (Å²) in [6, 6.07) is 68.6. The van der Waals surface area contributed by atoms with Crippen molar-refractivity contribution in [2.75, 3.05) is 0 Å². The molecule has 2 atom stereocenters. The molecule has 1 aromatic heterocycles. The van der Waals surface area contributed by atoms with Crippen molar-refractivity contribution in [2.45, 2.75) is 31.5 Å². The van der Waals surface area contributed by atoms with E-state index in [-0.39, 0.29) is 17.6 Å². The molecule has 1 aliphatic carbocycles. The molecule has 12 rings (SSSR count). The lowest BCUT2D eigenvalue weighted by Crippen LogP contribution is -2.39. The predicted octanol–water partition coefficient (Wildman–Crippen LogP) is 14.5. The van der Waals surface area contributed by atoms with Crippen molar-refractivity contribution in [3.8, 4) is 33.4 Å². The fourth-order valence-corrected chi connectivity index (χ4v) is 9.97. The maximum absolute atomic E-state index is 6.45. The first-order valence-corrected chi connectivity index (χ1v) is 21.0. The average molecular weight is 771 g/mol. The molecule has 0 saturated carbocycles. The molecule has 0 bridgehead atoms. The number of nitrogens with one attached hydrogen (secondary N) is 2. The van der Waals surface area contributed by atoms with E-state index in [1.807, 2.05) is 0 Å². The van der Waals surface area contributed by atoms with E-state index >= 15 is 0 Å². The van der Waals surface area contributed by atoms with Gasteiger partial charge in [0, 0.05) is 27.3 Å². The Morgan fingerprint density at radius 3 is 2.02 bits per heavy atom. The van der Waals surface area contributed by atoms with Gasteiger partial charge in [-0.1, -0.05) is 166 Å². The van der Waals surface area contributed by atoms with E-state index < -0.39 is 0 Å². The number of fused-ring (bicyclic) bond motifs is 9. The first-order valence-electron chi connectivity index (χ1n) is 21.0. The Labute approximate surface area is 349 Å². The normalized spacial score (nSPS) is 16.8. The van der Waals surface area contributed by atoms with Crippen molar-refractivity contribution in [1.82, 2.24) is 10.6 Å². The van der Waals surface area contributed by atoms with Crippen molar-refractivity contribution in [3.63, 3.8) is 0 Å². The summed E-state index contributed by atoms with van der Waals surface area (Å²) in [6.45, 7) is 4.73. The Hall–Kier alpha value is -7.20. The number of hydrogen-bond acceptors (Lipinski definition) is 3. The zero-order valence-electron chi connectivity index (χ0n) is 33.5. The van der Waals surface area contributed by atoms with Crippen molar-refractivity contribution >= 4 is 49.2 Å². The molecular weight excluding hydrogens is 729 g/mol. The van der Waals surface area contributed by atoms with Crippen LogP contribution in [-0.2, 0) is 5.41 Å². The van der Waals surface area contributed by atoms with Crippen molar-refractivity contribution in [1.29, 1.82) is 0 Å². The van der Waals surface area contributed by atoms with Gasteiger partial charge in [-0.25, -0.2) is 0 Å². The summed E-state index contributed by atoms with van der Waals surface area (Å²) in [5.41, 5.74) is 16.8. The van der Waals surface area contributed by atoms with Crippen molar-refractivity contribution in [2.24, 2.45) is 0 Å². The van der Waals surface area contributed by atoms with Crippen LogP contribution in [-0.4, -0.2) is 0 Å². The van der Waals surface area contributed by atoms with Gasteiger partial charge >= 0.3 is 0 Å². The molecule has 3 heteroatoms. The molecule has 0 radical (unpaired) electrons. The van der Waals surface area contributed by atoms with Gasteiger partial charge in [0.15, 0.2) is 0 Å². The van der Waals surface area contributed by atoms with E-state index in [0.29, 0.717) is 0 Å². The second-order valence-electron chi connectivity index (χ2n) is 17.0. The summed E-state index contributed by atoms with van der Waals surface area (Å²) in [5, 5.41) is 15.0. The average Bonchev–Trinajstić information content (AvgIpc) is 3.80. The van der Waals surface area contributed by atoms with Crippen molar-refractivity contribution < 1.29 is 4.42 Å². The van der Waals surface area contributed by atoms with Gasteiger partial charge in [-0.3, -0.25) is 5.32 Å². The Morgan fingerprint density at radius 1 is 0.467 bits per heavy atom. The van der Waals surface area contributed by atoms with Crippen LogP contribution in [0.5, 0.6) is 0 Å². The van der Waals surface area contributed by atoms with Gasteiger partial charge in [0.2, 0.25) is 0 Å². The monoisotopic (exact) mass is 770 g/mol. The van der Waals surface area contributed by atoms with Gasteiger partial charge in [0.05, 0.1) is 6.04 Å². The molecule has 2 heterocycles. The summed E-state index contributed by atoms with van der Waals surface area (Å²) in [5.74, 6) is 0. The standard InChI is InChI=1S/C57H42N2O/c1-57(2)49-21-11-20-44(54(49)48-32-40-15-6-7-16-41(40)33-50(48)57)36-22-24-37(25-23-36)51-34-52(59-56(58-51)38-13-4-3-5-14-38)43-18-10-17-39(30-43)42-27-29-53-47(31-42)46-28-26-35-12-8-9-19-45(35)55(46)60-53/h3-34,52,56,58-59H,1-2H3. The van der Waals surface area contributed by atoms with Crippen LogP contribution < -0.4 is 10.6 Å².